The zero-order valence-electron chi connectivity index (χ0n) is 18.7. The minimum Gasteiger partial charge on any atom is -0.489 e. The van der Waals surface area contributed by atoms with E-state index in [4.69, 9.17) is 4.74 Å². The molecule has 0 fully saturated rings. The Kier molecular flexibility index (Phi) is 8.30. The van der Waals surface area contributed by atoms with E-state index in [1.165, 1.54) is 0 Å². The van der Waals surface area contributed by atoms with Gasteiger partial charge >= 0.3 is 6.03 Å². The summed E-state index contributed by atoms with van der Waals surface area (Å²) in [6.07, 6.45) is 2.45. The molecule has 0 aliphatic rings. The van der Waals surface area contributed by atoms with Gasteiger partial charge < -0.3 is 15.0 Å². The zero-order chi connectivity index (χ0) is 23.6. The summed E-state index contributed by atoms with van der Waals surface area (Å²) in [5.41, 5.74) is 3.85. The van der Waals surface area contributed by atoms with E-state index in [1.807, 2.05) is 97.1 Å². The Bertz CT molecular complexity index is 1170. The highest BCUT2D eigenvalue weighted by Gasteiger charge is 2.15. The van der Waals surface area contributed by atoms with E-state index in [0.717, 1.165) is 32.7 Å². The number of carbonyl (C=O) groups is 1. The van der Waals surface area contributed by atoms with E-state index in [2.05, 4.69) is 26.2 Å². The monoisotopic (exact) mass is 515 g/mol. The van der Waals surface area contributed by atoms with Crippen molar-refractivity contribution in [1.82, 2.24) is 9.88 Å². The second-order valence-corrected chi connectivity index (χ2v) is 8.76. The lowest BCUT2D eigenvalue weighted by atomic mass is 10.2. The van der Waals surface area contributed by atoms with Crippen LogP contribution < -0.4 is 10.1 Å². The van der Waals surface area contributed by atoms with Gasteiger partial charge in [0.05, 0.1) is 0 Å². The predicted octanol–water partition coefficient (Wildman–Crippen LogP) is 6.70. The second-order valence-electron chi connectivity index (χ2n) is 7.85. The molecule has 0 spiro atoms. The molecule has 172 valence electrons. The van der Waals surface area contributed by atoms with Crippen LogP contribution in [-0.4, -0.2) is 22.5 Å². The number of anilines is 1. The van der Waals surface area contributed by atoms with Gasteiger partial charge in [0.15, 0.2) is 0 Å². The van der Waals surface area contributed by atoms with Gasteiger partial charge in [0.25, 0.3) is 0 Å². The van der Waals surface area contributed by atoms with Gasteiger partial charge in [0.2, 0.25) is 0 Å². The number of rotatable bonds is 9. The molecule has 2 amide bonds. The molecule has 0 radical (unpaired) electrons. The van der Waals surface area contributed by atoms with Gasteiger partial charge in [-0.25, -0.2) is 4.79 Å². The van der Waals surface area contributed by atoms with Crippen molar-refractivity contribution in [2.24, 2.45) is 0 Å². The molecule has 0 unspecified atom stereocenters. The molecule has 34 heavy (non-hydrogen) atoms. The first-order valence-electron chi connectivity index (χ1n) is 11.1. The lowest BCUT2D eigenvalue weighted by Crippen LogP contribution is -2.36. The van der Waals surface area contributed by atoms with Crippen molar-refractivity contribution in [3.63, 3.8) is 0 Å². The van der Waals surface area contributed by atoms with Gasteiger partial charge in [0, 0.05) is 41.6 Å². The highest BCUT2D eigenvalue weighted by Crippen LogP contribution is 2.18. The van der Waals surface area contributed by atoms with Crippen LogP contribution in [-0.2, 0) is 19.6 Å². The number of halogens is 1. The van der Waals surface area contributed by atoms with E-state index < -0.39 is 0 Å². The smallest absolute Gasteiger partial charge is 0.322 e. The largest absolute Gasteiger partial charge is 0.489 e. The number of amides is 2. The van der Waals surface area contributed by atoms with Crippen molar-refractivity contribution >= 4 is 27.6 Å². The molecule has 5 nitrogen and oxygen atoms in total. The Morgan fingerprint density at radius 1 is 0.853 bits per heavy atom. The molecule has 0 atom stereocenters. The fourth-order valence-corrected chi connectivity index (χ4v) is 3.70. The highest BCUT2D eigenvalue weighted by atomic mass is 79.9. The molecule has 1 heterocycles. The maximum Gasteiger partial charge on any atom is 0.322 e. The molecule has 1 aromatic heterocycles. The van der Waals surface area contributed by atoms with Crippen molar-refractivity contribution in [3.8, 4) is 5.75 Å². The molecule has 0 saturated carbocycles. The SMILES string of the molecule is O=C(Nc1ccc(Br)cc1)N(CCc1ccccn1)Cc1ccc(OCc2ccccc2)cc1. The van der Waals surface area contributed by atoms with Crippen LogP contribution in [0.3, 0.4) is 0 Å². The van der Waals surface area contributed by atoms with Crippen LogP contribution in [0.15, 0.2) is 108 Å². The van der Waals surface area contributed by atoms with Gasteiger partial charge in [-0.1, -0.05) is 64.5 Å². The van der Waals surface area contributed by atoms with Gasteiger partial charge in [-0.3, -0.25) is 4.98 Å². The van der Waals surface area contributed by atoms with Crippen LogP contribution in [0.1, 0.15) is 16.8 Å². The summed E-state index contributed by atoms with van der Waals surface area (Å²) in [5, 5.41) is 3.00. The summed E-state index contributed by atoms with van der Waals surface area (Å²) in [5.74, 6) is 0.798. The molecular weight excluding hydrogens is 490 g/mol. The molecule has 1 N–H and O–H groups in total. The van der Waals surface area contributed by atoms with E-state index in [9.17, 15) is 4.79 Å². The summed E-state index contributed by atoms with van der Waals surface area (Å²) < 4.78 is 6.85. The van der Waals surface area contributed by atoms with E-state index in [1.54, 1.807) is 11.1 Å². The topological polar surface area (TPSA) is 54.5 Å². The van der Waals surface area contributed by atoms with Crippen molar-refractivity contribution in [1.29, 1.82) is 0 Å². The predicted molar refractivity (Wildman–Crippen MR) is 139 cm³/mol. The number of pyridine rings is 1. The molecule has 0 bridgehead atoms. The van der Waals surface area contributed by atoms with Crippen LogP contribution in [0.25, 0.3) is 0 Å². The Morgan fingerprint density at radius 3 is 2.29 bits per heavy atom. The minimum absolute atomic E-state index is 0.150. The lowest BCUT2D eigenvalue weighted by Gasteiger charge is -2.23. The third-order valence-corrected chi connectivity index (χ3v) is 5.82. The first kappa shape index (κ1) is 23.5. The van der Waals surface area contributed by atoms with E-state index in [-0.39, 0.29) is 6.03 Å². The highest BCUT2D eigenvalue weighted by molar-refractivity contribution is 9.10. The summed E-state index contributed by atoms with van der Waals surface area (Å²) in [6, 6.07) is 31.2. The molecule has 6 heteroatoms. The maximum absolute atomic E-state index is 13.1. The molecule has 3 aromatic carbocycles. The van der Waals surface area contributed by atoms with E-state index >= 15 is 0 Å². The standard InChI is InChI=1S/C28H26BrN3O2/c29-24-11-13-26(14-12-24)31-28(33)32(19-17-25-8-4-5-18-30-25)20-22-9-15-27(16-10-22)34-21-23-6-2-1-3-7-23/h1-16,18H,17,19-21H2,(H,31,33). The minimum atomic E-state index is -0.150. The molecule has 0 aliphatic carbocycles. The zero-order valence-corrected chi connectivity index (χ0v) is 20.3. The number of ether oxygens (including phenoxy) is 1. The average molecular weight is 516 g/mol. The summed E-state index contributed by atoms with van der Waals surface area (Å²) in [4.78, 5) is 19.3. The number of carbonyl (C=O) groups excluding carboxylic acids is 1. The van der Waals surface area contributed by atoms with E-state index in [0.29, 0.717) is 26.1 Å². The van der Waals surface area contributed by atoms with Crippen molar-refractivity contribution in [3.05, 3.63) is 125 Å². The number of aromatic nitrogens is 1. The van der Waals surface area contributed by atoms with Crippen molar-refractivity contribution in [2.75, 3.05) is 11.9 Å². The third kappa shape index (κ3) is 7.18. The number of benzene rings is 3. The Morgan fingerprint density at radius 2 is 1.59 bits per heavy atom. The lowest BCUT2D eigenvalue weighted by molar-refractivity contribution is 0.209. The average Bonchev–Trinajstić information content (AvgIpc) is 2.88. The van der Waals surface area contributed by atoms with Crippen molar-refractivity contribution < 1.29 is 9.53 Å². The normalized spacial score (nSPS) is 10.5. The molecule has 4 aromatic rings. The summed E-state index contributed by atoms with van der Waals surface area (Å²) in [7, 11) is 0. The molecule has 4 rings (SSSR count). The molecular formula is C28H26BrN3O2. The summed E-state index contributed by atoms with van der Waals surface area (Å²) in [6.45, 7) is 1.55. The molecule has 0 saturated heterocycles. The quantitative estimate of drug-likeness (QED) is 0.269. The molecule has 0 aliphatic heterocycles. The number of urea groups is 1. The fraction of sp³-hybridized carbons (Fsp3) is 0.143. The summed E-state index contributed by atoms with van der Waals surface area (Å²) >= 11 is 3.43. The Labute approximate surface area is 208 Å². The van der Waals surface area contributed by atoms with Gasteiger partial charge in [-0.15, -0.1) is 0 Å². The van der Waals surface area contributed by atoms with Crippen molar-refractivity contribution in [2.45, 2.75) is 19.6 Å². The van der Waals surface area contributed by atoms with Crippen LogP contribution in [0.4, 0.5) is 10.5 Å². The van der Waals surface area contributed by atoms with Gasteiger partial charge in [-0.2, -0.15) is 0 Å². The van der Waals surface area contributed by atoms with Gasteiger partial charge in [0.1, 0.15) is 12.4 Å². The van der Waals surface area contributed by atoms with Crippen LogP contribution in [0.2, 0.25) is 0 Å². The van der Waals surface area contributed by atoms with Crippen LogP contribution in [0.5, 0.6) is 5.75 Å². The van der Waals surface area contributed by atoms with Crippen LogP contribution >= 0.6 is 15.9 Å². The van der Waals surface area contributed by atoms with Gasteiger partial charge in [-0.05, 0) is 59.7 Å². The first-order chi connectivity index (χ1) is 16.7. The number of nitrogens with zero attached hydrogens (tertiary/aromatic N) is 2. The van der Waals surface area contributed by atoms with Crippen LogP contribution in [0, 0.1) is 0 Å². The maximum atomic E-state index is 13.1. The first-order valence-corrected chi connectivity index (χ1v) is 11.9. The number of hydrogen-bond acceptors (Lipinski definition) is 3. The Hall–Kier alpha value is -3.64. The fourth-order valence-electron chi connectivity index (χ4n) is 3.44. The Balaban J connectivity index is 1.41. The second kappa shape index (κ2) is 12.0. The number of hydrogen-bond donors (Lipinski definition) is 1. The third-order valence-electron chi connectivity index (χ3n) is 5.29. The number of nitrogens with one attached hydrogen (secondary N) is 1.